The predicted molar refractivity (Wildman–Crippen MR) is 94.8 cm³/mol. The Morgan fingerprint density at radius 2 is 2.08 bits per heavy atom. The lowest BCUT2D eigenvalue weighted by Gasteiger charge is -2.10. The summed E-state index contributed by atoms with van der Waals surface area (Å²) < 4.78 is 10.2. The van der Waals surface area contributed by atoms with Crippen molar-refractivity contribution in [3.8, 4) is 5.75 Å². The number of anilines is 1. The van der Waals surface area contributed by atoms with Crippen LogP contribution in [0.1, 0.15) is 35.7 Å². The monoisotopic (exact) mass is 342 g/mol. The van der Waals surface area contributed by atoms with Crippen molar-refractivity contribution < 1.29 is 19.1 Å². The van der Waals surface area contributed by atoms with Crippen LogP contribution in [0, 0.1) is 0 Å². The van der Waals surface area contributed by atoms with Gasteiger partial charge in [-0.1, -0.05) is 12.1 Å². The number of amides is 1. The van der Waals surface area contributed by atoms with E-state index in [1.54, 1.807) is 14.0 Å². The molecular formula is C19H22N2O4. The summed E-state index contributed by atoms with van der Waals surface area (Å²) in [4.78, 5) is 28.0. The Morgan fingerprint density at radius 3 is 2.84 bits per heavy atom. The van der Waals surface area contributed by atoms with E-state index in [9.17, 15) is 9.59 Å². The van der Waals surface area contributed by atoms with Gasteiger partial charge in [-0.15, -0.1) is 0 Å². The second kappa shape index (κ2) is 9.42. The second-order valence-electron chi connectivity index (χ2n) is 5.39. The molecule has 2 rings (SSSR count). The molecule has 25 heavy (non-hydrogen) atoms. The van der Waals surface area contributed by atoms with Crippen molar-refractivity contribution in [3.63, 3.8) is 0 Å². The van der Waals surface area contributed by atoms with Gasteiger partial charge in [-0.3, -0.25) is 9.78 Å². The number of esters is 1. The molecule has 0 radical (unpaired) electrons. The average Bonchev–Trinajstić information content (AvgIpc) is 2.62. The summed E-state index contributed by atoms with van der Waals surface area (Å²) in [6, 6.07) is 9.30. The largest absolute Gasteiger partial charge is 0.497 e. The van der Waals surface area contributed by atoms with Crippen molar-refractivity contribution in [2.24, 2.45) is 0 Å². The standard InChI is InChI=1S/C19H22N2O4/c1-3-25-19(23)16-10-11-20-13-17(16)21-18(22)9-5-7-14-6-4-8-15(12-14)24-2/h4,6,8,10-13H,3,5,7,9H2,1-2H3,(H,21,22). The van der Waals surface area contributed by atoms with Gasteiger partial charge in [-0.2, -0.15) is 0 Å². The fraction of sp³-hybridized carbons (Fsp3) is 0.316. The molecule has 1 aromatic carbocycles. The number of hydrogen-bond donors (Lipinski definition) is 1. The van der Waals surface area contributed by atoms with Gasteiger partial charge < -0.3 is 14.8 Å². The van der Waals surface area contributed by atoms with E-state index in [2.05, 4.69) is 10.3 Å². The molecule has 0 aliphatic heterocycles. The van der Waals surface area contributed by atoms with E-state index < -0.39 is 5.97 Å². The molecule has 6 nitrogen and oxygen atoms in total. The number of methoxy groups -OCH3 is 1. The van der Waals surface area contributed by atoms with Crippen LogP contribution in [0.15, 0.2) is 42.7 Å². The van der Waals surface area contributed by atoms with Gasteiger partial charge in [0.2, 0.25) is 5.91 Å². The van der Waals surface area contributed by atoms with Crippen molar-refractivity contribution in [3.05, 3.63) is 53.9 Å². The zero-order valence-electron chi connectivity index (χ0n) is 14.5. The molecule has 6 heteroatoms. The third-order valence-corrected chi connectivity index (χ3v) is 3.59. The first-order chi connectivity index (χ1) is 12.1. The number of aromatic nitrogens is 1. The van der Waals surface area contributed by atoms with Gasteiger partial charge in [0.25, 0.3) is 0 Å². The zero-order chi connectivity index (χ0) is 18.1. The second-order valence-corrected chi connectivity index (χ2v) is 5.39. The first-order valence-electron chi connectivity index (χ1n) is 8.18. The highest BCUT2D eigenvalue weighted by Crippen LogP contribution is 2.17. The molecule has 2 aromatic rings. The molecule has 132 valence electrons. The lowest BCUT2D eigenvalue weighted by molar-refractivity contribution is -0.116. The van der Waals surface area contributed by atoms with Crippen LogP contribution >= 0.6 is 0 Å². The molecule has 0 saturated heterocycles. The van der Waals surface area contributed by atoms with Crippen LogP contribution < -0.4 is 10.1 Å². The van der Waals surface area contributed by atoms with Crippen molar-refractivity contribution in [2.45, 2.75) is 26.2 Å². The summed E-state index contributed by atoms with van der Waals surface area (Å²) in [5.41, 5.74) is 1.78. The van der Waals surface area contributed by atoms with Crippen molar-refractivity contribution in [2.75, 3.05) is 19.0 Å². The minimum Gasteiger partial charge on any atom is -0.497 e. The van der Waals surface area contributed by atoms with Crippen molar-refractivity contribution in [1.82, 2.24) is 4.98 Å². The first-order valence-corrected chi connectivity index (χ1v) is 8.18. The van der Waals surface area contributed by atoms with E-state index in [0.717, 1.165) is 17.7 Å². The van der Waals surface area contributed by atoms with Gasteiger partial charge >= 0.3 is 5.97 Å². The lowest BCUT2D eigenvalue weighted by Crippen LogP contribution is -2.16. The van der Waals surface area contributed by atoms with Gasteiger partial charge in [0.15, 0.2) is 0 Å². The number of pyridine rings is 1. The normalized spacial score (nSPS) is 10.2. The molecule has 0 fully saturated rings. The highest BCUT2D eigenvalue weighted by atomic mass is 16.5. The fourth-order valence-corrected chi connectivity index (χ4v) is 2.37. The van der Waals surface area contributed by atoms with Crippen molar-refractivity contribution in [1.29, 1.82) is 0 Å². The van der Waals surface area contributed by atoms with Crippen LogP contribution in [0.4, 0.5) is 5.69 Å². The van der Waals surface area contributed by atoms with Gasteiger partial charge in [-0.25, -0.2) is 4.79 Å². The molecule has 0 aliphatic carbocycles. The highest BCUT2D eigenvalue weighted by Gasteiger charge is 2.14. The van der Waals surface area contributed by atoms with E-state index in [1.165, 1.54) is 18.5 Å². The summed E-state index contributed by atoms with van der Waals surface area (Å²) in [6.45, 7) is 2.00. The van der Waals surface area contributed by atoms with Crippen LogP contribution in [-0.2, 0) is 16.0 Å². The van der Waals surface area contributed by atoms with Crippen LogP contribution in [0.5, 0.6) is 5.75 Å². The molecule has 1 heterocycles. The van der Waals surface area contributed by atoms with Gasteiger partial charge in [0.1, 0.15) is 5.75 Å². The Morgan fingerprint density at radius 1 is 1.24 bits per heavy atom. The minimum atomic E-state index is -0.475. The van der Waals surface area contributed by atoms with E-state index in [-0.39, 0.29) is 12.5 Å². The number of nitrogens with zero attached hydrogens (tertiary/aromatic N) is 1. The Bertz CT molecular complexity index is 731. The average molecular weight is 342 g/mol. The Hall–Kier alpha value is -2.89. The third-order valence-electron chi connectivity index (χ3n) is 3.59. The Kier molecular flexibility index (Phi) is 6.95. The molecular weight excluding hydrogens is 320 g/mol. The Balaban J connectivity index is 1.89. The molecule has 1 aromatic heterocycles. The quantitative estimate of drug-likeness (QED) is 0.745. The van der Waals surface area contributed by atoms with Crippen LogP contribution in [0.25, 0.3) is 0 Å². The van der Waals surface area contributed by atoms with Gasteiger partial charge in [0, 0.05) is 12.6 Å². The number of benzene rings is 1. The molecule has 0 bridgehead atoms. The van der Waals surface area contributed by atoms with Gasteiger partial charge in [-0.05, 0) is 43.5 Å². The summed E-state index contributed by atoms with van der Waals surface area (Å²) in [7, 11) is 1.63. The number of nitrogens with one attached hydrogen (secondary N) is 1. The minimum absolute atomic E-state index is 0.165. The van der Waals surface area contributed by atoms with Crippen LogP contribution in [0.3, 0.4) is 0 Å². The van der Waals surface area contributed by atoms with E-state index in [4.69, 9.17) is 9.47 Å². The number of rotatable bonds is 8. The molecule has 1 N–H and O–H groups in total. The number of carbonyl (C=O) groups is 2. The maximum atomic E-state index is 12.1. The third kappa shape index (κ3) is 5.60. The highest BCUT2D eigenvalue weighted by molar-refractivity contribution is 6.00. The number of ether oxygens (including phenoxy) is 2. The zero-order valence-corrected chi connectivity index (χ0v) is 14.5. The number of hydrogen-bond acceptors (Lipinski definition) is 5. The molecule has 0 unspecified atom stereocenters. The summed E-state index contributed by atoms with van der Waals surface area (Å²) in [5, 5.41) is 2.73. The SMILES string of the molecule is CCOC(=O)c1ccncc1NC(=O)CCCc1cccc(OC)c1. The van der Waals surface area contributed by atoms with Crippen molar-refractivity contribution >= 4 is 17.6 Å². The molecule has 1 amide bonds. The topological polar surface area (TPSA) is 77.5 Å². The lowest BCUT2D eigenvalue weighted by atomic mass is 10.1. The van der Waals surface area contributed by atoms with E-state index in [1.807, 2.05) is 24.3 Å². The van der Waals surface area contributed by atoms with E-state index >= 15 is 0 Å². The summed E-state index contributed by atoms with van der Waals surface area (Å²) in [6.07, 6.45) is 4.74. The molecule has 0 spiro atoms. The number of aryl methyl sites for hydroxylation is 1. The Labute approximate surface area is 147 Å². The summed E-state index contributed by atoms with van der Waals surface area (Å²) in [5.74, 6) is 0.161. The summed E-state index contributed by atoms with van der Waals surface area (Å²) >= 11 is 0. The smallest absolute Gasteiger partial charge is 0.340 e. The molecule has 0 aliphatic rings. The number of carbonyl (C=O) groups excluding carboxylic acids is 2. The fourth-order valence-electron chi connectivity index (χ4n) is 2.37. The predicted octanol–water partition coefficient (Wildman–Crippen LogP) is 3.23. The maximum Gasteiger partial charge on any atom is 0.340 e. The maximum absolute atomic E-state index is 12.1. The molecule has 0 saturated carbocycles. The first kappa shape index (κ1) is 18.4. The van der Waals surface area contributed by atoms with Gasteiger partial charge in [0.05, 0.1) is 31.2 Å². The molecule has 0 atom stereocenters. The van der Waals surface area contributed by atoms with Crippen LogP contribution in [0.2, 0.25) is 0 Å². The van der Waals surface area contributed by atoms with E-state index in [0.29, 0.717) is 24.1 Å². The van der Waals surface area contributed by atoms with Crippen LogP contribution in [-0.4, -0.2) is 30.6 Å².